The normalized spacial score (nSPS) is 21.3. The van der Waals surface area contributed by atoms with Gasteiger partial charge in [-0.3, -0.25) is 14.7 Å². The molecule has 29 heavy (non-hydrogen) atoms. The van der Waals surface area contributed by atoms with Crippen LogP contribution in [0.1, 0.15) is 71.3 Å². The van der Waals surface area contributed by atoms with Gasteiger partial charge in [-0.05, 0) is 50.3 Å². The maximum atomic E-state index is 12.6. The average molecular weight is 438 g/mol. The number of anilines is 1. The Morgan fingerprint density at radius 3 is 2.45 bits per heavy atom. The number of unbranched alkanes of at least 4 members (excludes halogenated alkanes) is 1. The Labute approximate surface area is 186 Å². The minimum Gasteiger partial charge on any atom is -0.330 e. The van der Waals surface area contributed by atoms with Crippen LogP contribution in [0.4, 0.5) is 5.69 Å². The van der Waals surface area contributed by atoms with Crippen LogP contribution in [0, 0.1) is 0 Å². The van der Waals surface area contributed by atoms with Crippen LogP contribution in [0.2, 0.25) is 0 Å². The van der Waals surface area contributed by atoms with Gasteiger partial charge in [-0.1, -0.05) is 56.5 Å². The van der Waals surface area contributed by atoms with E-state index in [-0.39, 0.29) is 24.5 Å². The highest BCUT2D eigenvalue weighted by molar-refractivity contribution is 8.14. The van der Waals surface area contributed by atoms with E-state index >= 15 is 0 Å². The highest BCUT2D eigenvalue weighted by Crippen LogP contribution is 2.32. The smallest absolute Gasteiger partial charge is 0.225 e. The molecular weight excluding hydrogens is 402 g/mol. The van der Waals surface area contributed by atoms with E-state index in [1.54, 1.807) is 6.92 Å². The molecule has 1 heterocycles. The Kier molecular flexibility index (Phi) is 9.84. The molecule has 2 aliphatic rings. The van der Waals surface area contributed by atoms with Crippen LogP contribution in [-0.4, -0.2) is 40.5 Å². The summed E-state index contributed by atoms with van der Waals surface area (Å²) >= 11 is 1.81. The monoisotopic (exact) mass is 437 g/mol. The van der Waals surface area contributed by atoms with Crippen LogP contribution in [0.5, 0.6) is 0 Å². The number of amidine groups is 1. The maximum absolute atomic E-state index is 12.6. The van der Waals surface area contributed by atoms with Crippen molar-refractivity contribution in [1.82, 2.24) is 4.90 Å². The minimum absolute atomic E-state index is 0. The first-order chi connectivity index (χ1) is 13.6. The SMILES string of the molecule is CCCCc1ccc(N(C(C)=O)C2CSC(=NC3CCCCC3)N2CC)cc1.Cl. The number of benzene rings is 1. The number of nitrogens with zero attached hydrogens (tertiary/aromatic N) is 3. The second-order valence-corrected chi connectivity index (χ2v) is 8.93. The summed E-state index contributed by atoms with van der Waals surface area (Å²) in [6.07, 6.45) is 9.93. The van der Waals surface area contributed by atoms with Gasteiger partial charge in [0.15, 0.2) is 5.17 Å². The Hall–Kier alpha value is -1.20. The van der Waals surface area contributed by atoms with E-state index in [1.165, 1.54) is 50.5 Å². The van der Waals surface area contributed by atoms with E-state index in [2.05, 4.69) is 43.0 Å². The van der Waals surface area contributed by atoms with Crippen molar-refractivity contribution in [3.8, 4) is 0 Å². The predicted octanol–water partition coefficient (Wildman–Crippen LogP) is 5.89. The zero-order chi connectivity index (χ0) is 19.9. The van der Waals surface area contributed by atoms with Gasteiger partial charge >= 0.3 is 0 Å². The van der Waals surface area contributed by atoms with Crippen molar-refractivity contribution in [2.24, 2.45) is 4.99 Å². The zero-order valence-electron chi connectivity index (χ0n) is 18.1. The van der Waals surface area contributed by atoms with Crippen molar-refractivity contribution in [1.29, 1.82) is 0 Å². The number of hydrogen-bond acceptors (Lipinski definition) is 3. The molecule has 1 aliphatic heterocycles. The third-order valence-corrected chi connectivity index (χ3v) is 6.91. The topological polar surface area (TPSA) is 35.9 Å². The highest BCUT2D eigenvalue weighted by atomic mass is 35.5. The summed E-state index contributed by atoms with van der Waals surface area (Å²) in [5.41, 5.74) is 2.34. The average Bonchev–Trinajstić information content (AvgIpc) is 3.10. The molecule has 1 atom stereocenters. The number of rotatable bonds is 7. The molecule has 0 radical (unpaired) electrons. The molecule has 0 bridgehead atoms. The number of aliphatic imine (C=N–C) groups is 1. The minimum atomic E-state index is 0. The first kappa shape index (κ1) is 24.1. The van der Waals surface area contributed by atoms with Gasteiger partial charge in [0.05, 0.1) is 6.04 Å². The second-order valence-electron chi connectivity index (χ2n) is 7.94. The molecule has 1 aromatic carbocycles. The van der Waals surface area contributed by atoms with Crippen molar-refractivity contribution in [3.63, 3.8) is 0 Å². The molecule has 0 N–H and O–H groups in total. The number of aryl methyl sites for hydroxylation is 1. The van der Waals surface area contributed by atoms with Crippen molar-refractivity contribution >= 4 is 40.9 Å². The summed E-state index contributed by atoms with van der Waals surface area (Å²) in [7, 11) is 0. The lowest BCUT2D eigenvalue weighted by Gasteiger charge is -2.35. The first-order valence-electron chi connectivity index (χ1n) is 11.0. The molecule has 1 saturated heterocycles. The highest BCUT2D eigenvalue weighted by Gasteiger charge is 2.36. The van der Waals surface area contributed by atoms with Crippen molar-refractivity contribution in [2.75, 3.05) is 17.2 Å². The lowest BCUT2D eigenvalue weighted by atomic mass is 9.96. The van der Waals surface area contributed by atoms with E-state index in [4.69, 9.17) is 4.99 Å². The van der Waals surface area contributed by atoms with Crippen LogP contribution in [0.3, 0.4) is 0 Å². The Balaban J connectivity index is 0.00000300. The van der Waals surface area contributed by atoms with Gasteiger partial charge in [0.1, 0.15) is 6.17 Å². The van der Waals surface area contributed by atoms with Gasteiger partial charge in [0, 0.05) is 24.9 Å². The number of thioether (sulfide) groups is 1. The summed E-state index contributed by atoms with van der Waals surface area (Å²) in [5.74, 6) is 0.987. The molecule has 1 aromatic rings. The Morgan fingerprint density at radius 2 is 1.86 bits per heavy atom. The predicted molar refractivity (Wildman–Crippen MR) is 128 cm³/mol. The van der Waals surface area contributed by atoms with Gasteiger partial charge in [-0.15, -0.1) is 12.4 Å². The molecule has 0 spiro atoms. The van der Waals surface area contributed by atoms with E-state index in [1.807, 2.05) is 16.7 Å². The van der Waals surface area contributed by atoms with Crippen molar-refractivity contribution in [2.45, 2.75) is 84.3 Å². The summed E-state index contributed by atoms with van der Waals surface area (Å²) in [5, 5.41) is 1.13. The van der Waals surface area contributed by atoms with Gasteiger partial charge in [0.25, 0.3) is 0 Å². The van der Waals surface area contributed by atoms with Crippen molar-refractivity contribution < 1.29 is 4.79 Å². The van der Waals surface area contributed by atoms with Crippen LogP contribution in [0.15, 0.2) is 29.3 Å². The molecule has 3 rings (SSSR count). The molecule has 0 aromatic heterocycles. The fraction of sp³-hybridized carbons (Fsp3) is 0.652. The molecule has 1 unspecified atom stereocenters. The van der Waals surface area contributed by atoms with E-state index < -0.39 is 0 Å². The second kappa shape index (κ2) is 11.8. The van der Waals surface area contributed by atoms with Crippen LogP contribution in [-0.2, 0) is 11.2 Å². The van der Waals surface area contributed by atoms with Gasteiger partial charge in [-0.25, -0.2) is 0 Å². The lowest BCUT2D eigenvalue weighted by molar-refractivity contribution is -0.117. The number of amides is 1. The quantitative estimate of drug-likeness (QED) is 0.533. The Morgan fingerprint density at radius 1 is 1.17 bits per heavy atom. The Bertz CT molecular complexity index is 673. The largest absolute Gasteiger partial charge is 0.330 e. The van der Waals surface area contributed by atoms with Crippen molar-refractivity contribution in [3.05, 3.63) is 29.8 Å². The summed E-state index contributed by atoms with van der Waals surface area (Å²) in [6.45, 7) is 6.94. The van der Waals surface area contributed by atoms with Crippen LogP contribution in [0.25, 0.3) is 0 Å². The van der Waals surface area contributed by atoms with Gasteiger partial charge in [-0.2, -0.15) is 0 Å². The maximum Gasteiger partial charge on any atom is 0.225 e. The van der Waals surface area contributed by atoms with Gasteiger partial charge < -0.3 is 4.90 Å². The standard InChI is InChI=1S/C23H35N3OS.ClH/c1-4-6-10-19-13-15-21(16-14-19)26(18(3)27)22-17-28-23(25(22)5-2)24-20-11-8-7-9-12-20;/h13-16,20,22H,4-12,17H2,1-3H3;1H. The van der Waals surface area contributed by atoms with Gasteiger partial charge in [0.2, 0.25) is 5.91 Å². The van der Waals surface area contributed by atoms with E-state index in [0.717, 1.165) is 29.6 Å². The number of hydrogen-bond donors (Lipinski definition) is 0. The fourth-order valence-corrected chi connectivity index (χ4v) is 5.52. The lowest BCUT2D eigenvalue weighted by Crippen LogP contribution is -2.50. The molecule has 162 valence electrons. The fourth-order valence-electron chi connectivity index (χ4n) is 4.25. The summed E-state index contributed by atoms with van der Waals surface area (Å²) < 4.78 is 0. The third kappa shape index (κ3) is 6.14. The molecule has 6 heteroatoms. The van der Waals surface area contributed by atoms with E-state index in [0.29, 0.717) is 6.04 Å². The number of halogens is 1. The van der Waals surface area contributed by atoms with E-state index in [9.17, 15) is 4.79 Å². The first-order valence-corrected chi connectivity index (χ1v) is 12.0. The molecule has 4 nitrogen and oxygen atoms in total. The summed E-state index contributed by atoms with van der Waals surface area (Å²) in [6, 6.07) is 9.04. The summed E-state index contributed by atoms with van der Waals surface area (Å²) in [4.78, 5) is 22.0. The van der Waals surface area contributed by atoms with Crippen LogP contribution >= 0.6 is 24.2 Å². The third-order valence-electron chi connectivity index (χ3n) is 5.85. The molecule has 2 fully saturated rings. The molecule has 1 saturated carbocycles. The number of carbonyl (C=O) groups is 1. The zero-order valence-corrected chi connectivity index (χ0v) is 19.7. The molecular formula is C23H36ClN3OS. The number of carbonyl (C=O) groups excluding carboxylic acids is 1. The molecule has 1 aliphatic carbocycles. The molecule has 1 amide bonds. The van der Waals surface area contributed by atoms with Crippen LogP contribution < -0.4 is 4.90 Å².